The maximum Gasteiger partial charge on any atom is 0.184 e. The number of hydrogen-bond donors (Lipinski definition) is 1. The fraction of sp³-hybridized carbons (Fsp3) is 0.214. The summed E-state index contributed by atoms with van der Waals surface area (Å²) in [5.41, 5.74) is 2.29. The largest absolute Gasteiger partial charge is 0.308 e. The number of nitrogens with one attached hydrogen (secondary N) is 1. The zero-order valence-corrected chi connectivity index (χ0v) is 9.62. The van der Waals surface area contributed by atoms with Crippen LogP contribution in [-0.4, -0.2) is 12.3 Å². The average Bonchev–Trinajstić information content (AvgIpc) is 2.29. The summed E-state index contributed by atoms with van der Waals surface area (Å²) in [7, 11) is 0. The van der Waals surface area contributed by atoms with Crippen LogP contribution in [0.15, 0.2) is 54.6 Å². The maximum atomic E-state index is 11.4. The zero-order valence-electron chi connectivity index (χ0n) is 9.62. The van der Waals surface area contributed by atoms with Gasteiger partial charge in [-0.15, -0.1) is 0 Å². The van der Waals surface area contributed by atoms with E-state index in [0.29, 0.717) is 17.7 Å². The molecule has 0 aliphatic heterocycles. The van der Waals surface area contributed by atoms with Crippen molar-refractivity contribution in [3.63, 3.8) is 0 Å². The molecule has 0 unspecified atom stereocenters. The molecule has 0 fully saturated rings. The molecule has 1 rings (SSSR count). The SMILES string of the molecule is C=C(C)C(=O)C(=C)CNCc1ccccc1. The summed E-state index contributed by atoms with van der Waals surface area (Å²) in [6.45, 7) is 10.3. The Bertz CT molecular complexity index is 392. The Morgan fingerprint density at radius 2 is 1.88 bits per heavy atom. The fourth-order valence-corrected chi connectivity index (χ4v) is 1.34. The molecule has 0 radical (unpaired) electrons. The molecule has 2 nitrogen and oxygen atoms in total. The Hall–Kier alpha value is -1.67. The molecule has 2 heteroatoms. The van der Waals surface area contributed by atoms with Crippen LogP contribution in [0.5, 0.6) is 0 Å². The monoisotopic (exact) mass is 215 g/mol. The van der Waals surface area contributed by atoms with E-state index >= 15 is 0 Å². The molecule has 0 saturated carbocycles. The van der Waals surface area contributed by atoms with E-state index in [1.165, 1.54) is 5.56 Å². The molecule has 1 aromatic rings. The number of ketones is 1. The molecular weight excluding hydrogens is 198 g/mol. The minimum atomic E-state index is -0.0550. The lowest BCUT2D eigenvalue weighted by molar-refractivity contribution is -0.112. The van der Waals surface area contributed by atoms with E-state index < -0.39 is 0 Å². The molecule has 1 N–H and O–H groups in total. The van der Waals surface area contributed by atoms with Crippen molar-refractivity contribution >= 4 is 5.78 Å². The van der Waals surface area contributed by atoms with Crippen molar-refractivity contribution in [1.29, 1.82) is 0 Å². The Balaban J connectivity index is 2.34. The quantitative estimate of drug-likeness (QED) is 0.739. The molecule has 0 amide bonds. The first-order valence-electron chi connectivity index (χ1n) is 5.24. The van der Waals surface area contributed by atoms with Crippen molar-refractivity contribution in [3.8, 4) is 0 Å². The molecule has 0 spiro atoms. The number of rotatable bonds is 6. The molecular formula is C14H17NO. The highest BCUT2D eigenvalue weighted by Crippen LogP contribution is 2.01. The van der Waals surface area contributed by atoms with E-state index in [2.05, 4.69) is 18.5 Å². The third-order valence-electron chi connectivity index (χ3n) is 2.22. The Morgan fingerprint density at radius 1 is 1.25 bits per heavy atom. The van der Waals surface area contributed by atoms with E-state index in [9.17, 15) is 4.79 Å². The number of carbonyl (C=O) groups is 1. The van der Waals surface area contributed by atoms with Crippen LogP contribution in [0.2, 0.25) is 0 Å². The van der Waals surface area contributed by atoms with Gasteiger partial charge in [-0.05, 0) is 18.1 Å². The zero-order chi connectivity index (χ0) is 12.0. The average molecular weight is 215 g/mol. The molecule has 0 aliphatic carbocycles. The maximum absolute atomic E-state index is 11.4. The van der Waals surface area contributed by atoms with E-state index in [1.54, 1.807) is 6.92 Å². The summed E-state index contributed by atoms with van der Waals surface area (Å²) in [5.74, 6) is -0.0550. The molecule has 16 heavy (non-hydrogen) atoms. The Kier molecular flexibility index (Phi) is 4.67. The third-order valence-corrected chi connectivity index (χ3v) is 2.22. The van der Waals surface area contributed by atoms with Crippen LogP contribution in [0.25, 0.3) is 0 Å². The molecule has 0 bridgehead atoms. The van der Waals surface area contributed by atoms with Crippen LogP contribution in [0.3, 0.4) is 0 Å². The van der Waals surface area contributed by atoms with Gasteiger partial charge >= 0.3 is 0 Å². The van der Waals surface area contributed by atoms with Gasteiger partial charge in [-0.1, -0.05) is 43.5 Å². The summed E-state index contributed by atoms with van der Waals surface area (Å²) in [6.07, 6.45) is 0. The first-order valence-corrected chi connectivity index (χ1v) is 5.24. The van der Waals surface area contributed by atoms with Crippen molar-refractivity contribution in [2.45, 2.75) is 13.5 Å². The standard InChI is InChI=1S/C14H17NO/c1-11(2)14(16)12(3)9-15-10-13-7-5-4-6-8-13/h4-8,15H,1,3,9-10H2,2H3. The van der Waals surface area contributed by atoms with Gasteiger partial charge in [-0.2, -0.15) is 0 Å². The summed E-state index contributed by atoms with van der Waals surface area (Å²) in [6, 6.07) is 10.0. The minimum absolute atomic E-state index is 0.0550. The van der Waals surface area contributed by atoms with Gasteiger partial charge in [0, 0.05) is 18.7 Å². The van der Waals surface area contributed by atoms with Gasteiger partial charge in [0.15, 0.2) is 5.78 Å². The van der Waals surface area contributed by atoms with Crippen molar-refractivity contribution in [2.24, 2.45) is 0 Å². The van der Waals surface area contributed by atoms with Gasteiger partial charge in [0.2, 0.25) is 0 Å². The summed E-state index contributed by atoms with van der Waals surface area (Å²) >= 11 is 0. The van der Waals surface area contributed by atoms with Gasteiger partial charge in [-0.25, -0.2) is 0 Å². The lowest BCUT2D eigenvalue weighted by Crippen LogP contribution is -2.20. The fourth-order valence-electron chi connectivity index (χ4n) is 1.34. The summed E-state index contributed by atoms with van der Waals surface area (Å²) in [4.78, 5) is 11.4. The number of Topliss-reactive ketones (excluding diaryl/α,β-unsaturated/α-hetero) is 1. The highest BCUT2D eigenvalue weighted by atomic mass is 16.1. The Labute approximate surface area is 96.7 Å². The second-order valence-corrected chi connectivity index (χ2v) is 3.80. The number of allylic oxidation sites excluding steroid dienone is 1. The molecule has 0 saturated heterocycles. The van der Waals surface area contributed by atoms with Crippen LogP contribution in [0, 0.1) is 0 Å². The molecule has 0 aliphatic rings. The number of hydrogen-bond acceptors (Lipinski definition) is 2. The first-order chi connectivity index (χ1) is 7.61. The van der Waals surface area contributed by atoms with Gasteiger partial charge in [0.1, 0.15) is 0 Å². The molecule has 1 aromatic carbocycles. The van der Waals surface area contributed by atoms with Gasteiger partial charge in [0.05, 0.1) is 0 Å². The van der Waals surface area contributed by atoms with E-state index in [4.69, 9.17) is 0 Å². The summed E-state index contributed by atoms with van der Waals surface area (Å²) < 4.78 is 0. The van der Waals surface area contributed by atoms with Crippen LogP contribution >= 0.6 is 0 Å². The van der Waals surface area contributed by atoms with Crippen molar-refractivity contribution < 1.29 is 4.79 Å². The number of carbonyl (C=O) groups excluding carboxylic acids is 1. The third kappa shape index (κ3) is 3.83. The van der Waals surface area contributed by atoms with E-state index in [0.717, 1.165) is 6.54 Å². The summed E-state index contributed by atoms with van der Waals surface area (Å²) in [5, 5.41) is 3.18. The van der Waals surface area contributed by atoms with Crippen molar-refractivity contribution in [1.82, 2.24) is 5.32 Å². The lowest BCUT2D eigenvalue weighted by Gasteiger charge is -2.06. The topological polar surface area (TPSA) is 29.1 Å². The van der Waals surface area contributed by atoms with Crippen LogP contribution in [0.4, 0.5) is 0 Å². The smallest absolute Gasteiger partial charge is 0.184 e. The minimum Gasteiger partial charge on any atom is -0.308 e. The lowest BCUT2D eigenvalue weighted by atomic mass is 10.1. The second kappa shape index (κ2) is 6.03. The predicted molar refractivity (Wildman–Crippen MR) is 67.1 cm³/mol. The molecule has 0 atom stereocenters. The highest BCUT2D eigenvalue weighted by molar-refractivity contribution is 6.07. The van der Waals surface area contributed by atoms with Gasteiger partial charge in [-0.3, -0.25) is 4.79 Å². The molecule has 0 heterocycles. The van der Waals surface area contributed by atoms with Crippen LogP contribution < -0.4 is 5.32 Å². The number of benzene rings is 1. The molecule has 0 aromatic heterocycles. The van der Waals surface area contributed by atoms with Crippen LogP contribution in [0.1, 0.15) is 12.5 Å². The van der Waals surface area contributed by atoms with Gasteiger partial charge < -0.3 is 5.32 Å². The predicted octanol–water partition coefficient (Wildman–Crippen LogP) is 2.48. The van der Waals surface area contributed by atoms with Crippen molar-refractivity contribution in [2.75, 3.05) is 6.54 Å². The Morgan fingerprint density at radius 3 is 2.44 bits per heavy atom. The normalized spacial score (nSPS) is 9.81. The van der Waals surface area contributed by atoms with E-state index in [-0.39, 0.29) is 5.78 Å². The van der Waals surface area contributed by atoms with Crippen LogP contribution in [-0.2, 0) is 11.3 Å². The first kappa shape index (κ1) is 12.4. The highest BCUT2D eigenvalue weighted by Gasteiger charge is 2.06. The van der Waals surface area contributed by atoms with Crippen molar-refractivity contribution in [3.05, 3.63) is 60.2 Å². The molecule has 84 valence electrons. The van der Waals surface area contributed by atoms with E-state index in [1.807, 2.05) is 30.3 Å². The van der Waals surface area contributed by atoms with Gasteiger partial charge in [0.25, 0.3) is 0 Å². The second-order valence-electron chi connectivity index (χ2n) is 3.80.